The SMILES string of the molecule is COc1cc(CNC(=O)N[C@@H](Cc2ccccc2)C(=O)[O-])cc(OC)c1OC. The second-order valence-electron chi connectivity index (χ2n) is 5.92. The van der Waals surface area contributed by atoms with Gasteiger partial charge in [0.1, 0.15) is 0 Å². The summed E-state index contributed by atoms with van der Waals surface area (Å²) in [5, 5.41) is 16.4. The fourth-order valence-electron chi connectivity index (χ4n) is 2.67. The van der Waals surface area contributed by atoms with Crippen LogP contribution in [0.4, 0.5) is 4.79 Å². The number of carbonyl (C=O) groups excluding carboxylic acids is 2. The van der Waals surface area contributed by atoms with Crippen LogP contribution in [0.25, 0.3) is 0 Å². The molecule has 0 aliphatic heterocycles. The van der Waals surface area contributed by atoms with E-state index < -0.39 is 18.0 Å². The summed E-state index contributed by atoms with van der Waals surface area (Å²) >= 11 is 0. The molecule has 0 bridgehead atoms. The first-order valence-corrected chi connectivity index (χ1v) is 8.56. The minimum atomic E-state index is -1.35. The van der Waals surface area contributed by atoms with Crippen LogP contribution in [0.2, 0.25) is 0 Å². The fourth-order valence-corrected chi connectivity index (χ4v) is 2.67. The molecule has 0 radical (unpaired) electrons. The van der Waals surface area contributed by atoms with Gasteiger partial charge in [-0.25, -0.2) is 4.79 Å². The van der Waals surface area contributed by atoms with E-state index in [1.54, 1.807) is 36.4 Å². The van der Waals surface area contributed by atoms with E-state index in [0.717, 1.165) is 5.56 Å². The zero-order chi connectivity index (χ0) is 20.5. The first-order valence-electron chi connectivity index (χ1n) is 8.56. The van der Waals surface area contributed by atoms with Crippen LogP contribution < -0.4 is 30.0 Å². The van der Waals surface area contributed by atoms with E-state index >= 15 is 0 Å². The van der Waals surface area contributed by atoms with Crippen LogP contribution in [-0.4, -0.2) is 39.4 Å². The third-order valence-corrected chi connectivity index (χ3v) is 4.05. The molecule has 150 valence electrons. The second kappa shape index (κ2) is 10.1. The minimum Gasteiger partial charge on any atom is -0.548 e. The van der Waals surface area contributed by atoms with Gasteiger partial charge in [-0.3, -0.25) is 0 Å². The van der Waals surface area contributed by atoms with Gasteiger partial charge in [0.2, 0.25) is 5.75 Å². The molecule has 0 spiro atoms. The molecule has 2 aromatic rings. The lowest BCUT2D eigenvalue weighted by atomic mass is 10.1. The van der Waals surface area contributed by atoms with Crippen molar-refractivity contribution in [1.29, 1.82) is 0 Å². The van der Waals surface area contributed by atoms with Crippen LogP contribution in [0.5, 0.6) is 17.2 Å². The van der Waals surface area contributed by atoms with E-state index in [1.807, 2.05) is 6.07 Å². The lowest BCUT2D eigenvalue weighted by Crippen LogP contribution is -2.51. The molecule has 2 N–H and O–H groups in total. The average molecular weight is 387 g/mol. The molecule has 28 heavy (non-hydrogen) atoms. The Bertz CT molecular complexity index is 785. The third-order valence-electron chi connectivity index (χ3n) is 4.05. The first-order chi connectivity index (χ1) is 13.5. The predicted octanol–water partition coefficient (Wildman–Crippen LogP) is 0.873. The summed E-state index contributed by atoms with van der Waals surface area (Å²) in [4.78, 5) is 23.5. The molecular weight excluding hydrogens is 364 g/mol. The molecule has 0 unspecified atom stereocenters. The van der Waals surface area contributed by atoms with Crippen LogP contribution in [0, 0.1) is 0 Å². The van der Waals surface area contributed by atoms with Gasteiger partial charge < -0.3 is 34.7 Å². The van der Waals surface area contributed by atoms with Crippen molar-refractivity contribution in [1.82, 2.24) is 10.6 Å². The van der Waals surface area contributed by atoms with Gasteiger partial charge in [-0.1, -0.05) is 30.3 Å². The Morgan fingerprint density at radius 1 is 0.964 bits per heavy atom. The largest absolute Gasteiger partial charge is 0.548 e. The number of carbonyl (C=O) groups is 2. The van der Waals surface area contributed by atoms with Gasteiger partial charge in [0, 0.05) is 6.54 Å². The molecule has 0 saturated heterocycles. The van der Waals surface area contributed by atoms with Crippen molar-refractivity contribution in [3.05, 3.63) is 53.6 Å². The molecule has 0 aliphatic rings. The summed E-state index contributed by atoms with van der Waals surface area (Å²) in [7, 11) is 4.49. The lowest BCUT2D eigenvalue weighted by molar-refractivity contribution is -0.308. The van der Waals surface area contributed by atoms with Crippen LogP contribution in [0.1, 0.15) is 11.1 Å². The minimum absolute atomic E-state index is 0.126. The summed E-state index contributed by atoms with van der Waals surface area (Å²) in [5.41, 5.74) is 1.47. The van der Waals surface area contributed by atoms with Crippen LogP contribution in [0.15, 0.2) is 42.5 Å². The van der Waals surface area contributed by atoms with Crippen molar-refractivity contribution in [2.45, 2.75) is 19.0 Å². The standard InChI is InChI=1S/C20H24N2O6/c1-26-16-10-14(11-17(27-2)18(16)28-3)12-21-20(25)22-15(19(23)24)9-13-7-5-4-6-8-13/h4-8,10-11,15H,9,12H2,1-3H3,(H,23,24)(H2,21,22,25)/p-1/t15-/m0/s1. The van der Waals surface area contributed by atoms with E-state index in [4.69, 9.17) is 14.2 Å². The Kier molecular flexibility index (Phi) is 7.50. The summed E-state index contributed by atoms with van der Waals surface area (Å²) in [6, 6.07) is 10.6. The zero-order valence-corrected chi connectivity index (χ0v) is 16.0. The van der Waals surface area contributed by atoms with Crippen molar-refractivity contribution in [2.75, 3.05) is 21.3 Å². The highest BCUT2D eigenvalue weighted by Crippen LogP contribution is 2.38. The van der Waals surface area contributed by atoms with Crippen LogP contribution >= 0.6 is 0 Å². The maximum atomic E-state index is 12.2. The molecule has 1 atom stereocenters. The number of rotatable bonds is 9. The Hall–Kier alpha value is -3.42. The molecule has 8 heteroatoms. The van der Waals surface area contributed by atoms with Gasteiger partial charge in [-0.15, -0.1) is 0 Å². The second-order valence-corrected chi connectivity index (χ2v) is 5.92. The molecule has 0 saturated carbocycles. The number of aliphatic carboxylic acids is 1. The number of benzene rings is 2. The fraction of sp³-hybridized carbons (Fsp3) is 0.300. The molecular formula is C20H23N2O6-. The number of methoxy groups -OCH3 is 3. The quantitative estimate of drug-likeness (QED) is 0.661. The number of nitrogens with one attached hydrogen (secondary N) is 2. The molecule has 2 aromatic carbocycles. The van der Waals surface area contributed by atoms with Gasteiger partial charge in [0.15, 0.2) is 11.5 Å². The topological polar surface area (TPSA) is 109 Å². The van der Waals surface area contributed by atoms with Crippen molar-refractivity contribution in [3.8, 4) is 17.2 Å². The highest BCUT2D eigenvalue weighted by molar-refractivity contribution is 5.81. The Balaban J connectivity index is 2.01. The number of hydrogen-bond acceptors (Lipinski definition) is 6. The summed E-state index contributed by atoms with van der Waals surface area (Å²) < 4.78 is 15.8. The Morgan fingerprint density at radius 2 is 1.57 bits per heavy atom. The Labute approximate surface area is 163 Å². The van der Waals surface area contributed by atoms with Crippen molar-refractivity contribution >= 4 is 12.0 Å². The van der Waals surface area contributed by atoms with Gasteiger partial charge in [-0.2, -0.15) is 0 Å². The van der Waals surface area contributed by atoms with E-state index in [9.17, 15) is 14.7 Å². The monoisotopic (exact) mass is 387 g/mol. The van der Waals surface area contributed by atoms with Crippen LogP contribution in [0.3, 0.4) is 0 Å². The normalized spacial score (nSPS) is 11.2. The summed E-state index contributed by atoms with van der Waals surface area (Å²) in [6.07, 6.45) is 0.126. The van der Waals surface area contributed by atoms with Gasteiger partial charge in [-0.05, 0) is 29.7 Å². The number of carboxylic acid groups (broad SMARTS) is 1. The number of hydrogen-bond donors (Lipinski definition) is 2. The maximum absolute atomic E-state index is 12.2. The number of carboxylic acids is 1. The van der Waals surface area contributed by atoms with Gasteiger partial charge >= 0.3 is 6.03 Å². The van der Waals surface area contributed by atoms with Crippen LogP contribution in [-0.2, 0) is 17.8 Å². The average Bonchev–Trinajstić information content (AvgIpc) is 2.71. The summed E-state index contributed by atoms with van der Waals surface area (Å²) in [6.45, 7) is 0.133. The zero-order valence-electron chi connectivity index (χ0n) is 16.0. The number of ether oxygens (including phenoxy) is 3. The smallest absolute Gasteiger partial charge is 0.315 e. The predicted molar refractivity (Wildman–Crippen MR) is 100 cm³/mol. The van der Waals surface area contributed by atoms with E-state index in [2.05, 4.69) is 10.6 Å². The highest BCUT2D eigenvalue weighted by atomic mass is 16.5. The van der Waals surface area contributed by atoms with Gasteiger partial charge in [0.05, 0.1) is 33.3 Å². The van der Waals surface area contributed by atoms with Crippen molar-refractivity contribution in [3.63, 3.8) is 0 Å². The molecule has 2 amide bonds. The van der Waals surface area contributed by atoms with Crippen molar-refractivity contribution in [2.24, 2.45) is 0 Å². The summed E-state index contributed by atoms with van der Waals surface area (Å²) in [5.74, 6) is -0.00337. The third kappa shape index (κ3) is 5.54. The van der Waals surface area contributed by atoms with E-state index in [1.165, 1.54) is 21.3 Å². The van der Waals surface area contributed by atoms with E-state index in [0.29, 0.717) is 22.8 Å². The number of urea groups is 1. The first kappa shape index (κ1) is 20.9. The van der Waals surface area contributed by atoms with E-state index in [-0.39, 0.29) is 13.0 Å². The molecule has 8 nitrogen and oxygen atoms in total. The van der Waals surface area contributed by atoms with Crippen molar-refractivity contribution < 1.29 is 28.9 Å². The Morgan fingerprint density at radius 3 is 2.07 bits per heavy atom. The molecule has 0 fully saturated rings. The molecule has 0 aliphatic carbocycles. The highest BCUT2D eigenvalue weighted by Gasteiger charge is 2.16. The van der Waals surface area contributed by atoms with Gasteiger partial charge in [0.25, 0.3) is 0 Å². The maximum Gasteiger partial charge on any atom is 0.315 e. The molecule has 0 aromatic heterocycles. The number of amides is 2. The molecule has 0 heterocycles. The molecule has 2 rings (SSSR count). The lowest BCUT2D eigenvalue weighted by Gasteiger charge is -2.20.